The lowest BCUT2D eigenvalue weighted by molar-refractivity contribution is -0.123. The monoisotopic (exact) mass is 197 g/mol. The number of hydrogen-bond acceptors (Lipinski definition) is 2. The van der Waals surface area contributed by atoms with Crippen molar-refractivity contribution >= 4 is 11.9 Å². The van der Waals surface area contributed by atoms with E-state index < -0.39 is 6.09 Å². The number of Topliss-reactive ketones (excluding diaryl/α,β-unsaturated/α-hetero) is 1. The van der Waals surface area contributed by atoms with E-state index in [1.165, 1.54) is 4.90 Å². The number of ketones is 1. The van der Waals surface area contributed by atoms with Gasteiger partial charge in [-0.15, -0.1) is 0 Å². The SMILES string of the molecule is O=C1CC[C@H]2CCCN(C(=O)O)[C@H]2C1. The highest BCUT2D eigenvalue weighted by Crippen LogP contribution is 2.33. The van der Waals surface area contributed by atoms with Crippen LogP contribution in [0.2, 0.25) is 0 Å². The van der Waals surface area contributed by atoms with Crippen LogP contribution in [0, 0.1) is 5.92 Å². The molecule has 1 heterocycles. The zero-order chi connectivity index (χ0) is 10.1. The molecule has 2 rings (SSSR count). The Morgan fingerprint density at radius 1 is 1.43 bits per heavy atom. The van der Waals surface area contributed by atoms with Gasteiger partial charge in [-0.05, 0) is 25.2 Å². The van der Waals surface area contributed by atoms with Crippen LogP contribution in [0.4, 0.5) is 4.79 Å². The summed E-state index contributed by atoms with van der Waals surface area (Å²) in [4.78, 5) is 23.7. The van der Waals surface area contributed by atoms with Crippen LogP contribution < -0.4 is 0 Å². The fraction of sp³-hybridized carbons (Fsp3) is 0.800. The molecule has 2 fully saturated rings. The molecule has 1 saturated heterocycles. The predicted octanol–water partition coefficient (Wildman–Crippen LogP) is 1.50. The highest BCUT2D eigenvalue weighted by molar-refractivity contribution is 5.80. The summed E-state index contributed by atoms with van der Waals surface area (Å²) in [6.45, 7) is 0.601. The maximum atomic E-state index is 11.3. The molecule has 4 heteroatoms. The molecule has 0 bridgehead atoms. The second kappa shape index (κ2) is 3.59. The normalized spacial score (nSPS) is 32.6. The van der Waals surface area contributed by atoms with Crippen LogP contribution in [0.15, 0.2) is 0 Å². The van der Waals surface area contributed by atoms with Crippen molar-refractivity contribution in [1.82, 2.24) is 4.90 Å². The van der Waals surface area contributed by atoms with Gasteiger partial charge in [0.25, 0.3) is 0 Å². The second-order valence-electron chi connectivity index (χ2n) is 4.23. The molecule has 4 nitrogen and oxygen atoms in total. The smallest absolute Gasteiger partial charge is 0.407 e. The molecule has 0 aromatic rings. The summed E-state index contributed by atoms with van der Waals surface area (Å²) >= 11 is 0. The third-order valence-corrected chi connectivity index (χ3v) is 3.39. The quantitative estimate of drug-likeness (QED) is 0.640. The first-order valence-electron chi connectivity index (χ1n) is 5.20. The molecule has 2 aliphatic rings. The Morgan fingerprint density at radius 3 is 2.93 bits per heavy atom. The van der Waals surface area contributed by atoms with Gasteiger partial charge >= 0.3 is 6.09 Å². The molecule has 1 N–H and O–H groups in total. The number of carbonyl (C=O) groups is 2. The molecule has 0 radical (unpaired) electrons. The minimum Gasteiger partial charge on any atom is -0.465 e. The summed E-state index contributed by atoms with van der Waals surface area (Å²) in [6, 6.07) is -0.0255. The van der Waals surface area contributed by atoms with E-state index in [4.69, 9.17) is 5.11 Å². The molecule has 0 aromatic heterocycles. The number of carboxylic acid groups (broad SMARTS) is 1. The minimum absolute atomic E-state index is 0.0255. The highest BCUT2D eigenvalue weighted by atomic mass is 16.4. The molecule has 0 unspecified atom stereocenters. The summed E-state index contributed by atoms with van der Waals surface area (Å²) in [5.74, 6) is 0.650. The van der Waals surface area contributed by atoms with E-state index in [0.29, 0.717) is 25.3 Å². The van der Waals surface area contributed by atoms with E-state index in [1.54, 1.807) is 0 Å². The summed E-state index contributed by atoms with van der Waals surface area (Å²) in [5.41, 5.74) is 0. The van der Waals surface area contributed by atoms with Crippen LogP contribution in [0.5, 0.6) is 0 Å². The van der Waals surface area contributed by atoms with Gasteiger partial charge in [0.05, 0.1) is 0 Å². The molecule has 1 aliphatic heterocycles. The van der Waals surface area contributed by atoms with Gasteiger partial charge in [-0.1, -0.05) is 0 Å². The number of nitrogens with zero attached hydrogens (tertiary/aromatic N) is 1. The van der Waals surface area contributed by atoms with Crippen LogP contribution in [-0.2, 0) is 4.79 Å². The number of rotatable bonds is 0. The maximum absolute atomic E-state index is 11.3. The highest BCUT2D eigenvalue weighted by Gasteiger charge is 2.38. The average molecular weight is 197 g/mol. The van der Waals surface area contributed by atoms with Gasteiger partial charge in [0.2, 0.25) is 0 Å². The Labute approximate surface area is 82.9 Å². The number of fused-ring (bicyclic) bond motifs is 1. The number of amides is 1. The van der Waals surface area contributed by atoms with Crippen molar-refractivity contribution in [2.75, 3.05) is 6.54 Å². The molecule has 1 saturated carbocycles. The maximum Gasteiger partial charge on any atom is 0.407 e. The van der Waals surface area contributed by atoms with Crippen molar-refractivity contribution in [1.29, 1.82) is 0 Å². The van der Waals surface area contributed by atoms with E-state index >= 15 is 0 Å². The van der Waals surface area contributed by atoms with Crippen molar-refractivity contribution in [2.45, 2.75) is 38.1 Å². The third-order valence-electron chi connectivity index (χ3n) is 3.39. The Kier molecular flexibility index (Phi) is 2.44. The topological polar surface area (TPSA) is 57.6 Å². The molecular formula is C10H15NO3. The molecule has 2 atom stereocenters. The van der Waals surface area contributed by atoms with Crippen LogP contribution in [0.25, 0.3) is 0 Å². The van der Waals surface area contributed by atoms with E-state index in [-0.39, 0.29) is 11.8 Å². The minimum atomic E-state index is -0.866. The van der Waals surface area contributed by atoms with Crippen LogP contribution in [0.1, 0.15) is 32.1 Å². The van der Waals surface area contributed by atoms with Crippen LogP contribution in [0.3, 0.4) is 0 Å². The summed E-state index contributed by atoms with van der Waals surface area (Å²) in [7, 11) is 0. The lowest BCUT2D eigenvalue weighted by Gasteiger charge is -2.41. The van der Waals surface area contributed by atoms with Gasteiger partial charge < -0.3 is 10.0 Å². The number of carbonyl (C=O) groups excluding carboxylic acids is 1. The fourth-order valence-electron chi connectivity index (χ4n) is 2.67. The first-order chi connectivity index (χ1) is 6.68. The van der Waals surface area contributed by atoms with Crippen molar-refractivity contribution in [3.8, 4) is 0 Å². The molecule has 1 aliphatic carbocycles. The van der Waals surface area contributed by atoms with Crippen LogP contribution >= 0.6 is 0 Å². The first-order valence-corrected chi connectivity index (χ1v) is 5.20. The largest absolute Gasteiger partial charge is 0.465 e. The molecule has 1 amide bonds. The summed E-state index contributed by atoms with van der Waals surface area (Å²) < 4.78 is 0. The Bertz CT molecular complexity index is 264. The van der Waals surface area contributed by atoms with E-state index in [1.807, 2.05) is 0 Å². The molecule has 78 valence electrons. The van der Waals surface area contributed by atoms with Gasteiger partial charge in [0.15, 0.2) is 0 Å². The standard InChI is InChI=1S/C10H15NO3/c12-8-4-3-7-2-1-5-11(10(13)14)9(7)6-8/h7,9H,1-6H2,(H,13,14)/t7-,9+/m1/s1. The van der Waals surface area contributed by atoms with Gasteiger partial charge in [0, 0.05) is 25.4 Å². The molecule has 0 spiro atoms. The Hall–Kier alpha value is -1.06. The molecule has 14 heavy (non-hydrogen) atoms. The van der Waals surface area contributed by atoms with Crippen molar-refractivity contribution < 1.29 is 14.7 Å². The Balaban J connectivity index is 2.12. The number of piperidine rings is 1. The average Bonchev–Trinajstić information content (AvgIpc) is 2.16. The summed E-state index contributed by atoms with van der Waals surface area (Å²) in [6.07, 6.45) is 3.14. The van der Waals surface area contributed by atoms with E-state index in [0.717, 1.165) is 19.3 Å². The van der Waals surface area contributed by atoms with E-state index in [9.17, 15) is 9.59 Å². The van der Waals surface area contributed by atoms with Gasteiger partial charge in [-0.25, -0.2) is 4.79 Å². The fourth-order valence-corrected chi connectivity index (χ4v) is 2.67. The molecule has 0 aromatic carbocycles. The zero-order valence-corrected chi connectivity index (χ0v) is 8.11. The lowest BCUT2D eigenvalue weighted by atomic mass is 9.78. The van der Waals surface area contributed by atoms with Crippen molar-refractivity contribution in [2.24, 2.45) is 5.92 Å². The van der Waals surface area contributed by atoms with Crippen molar-refractivity contribution in [3.63, 3.8) is 0 Å². The van der Waals surface area contributed by atoms with Gasteiger partial charge in [-0.3, -0.25) is 4.79 Å². The lowest BCUT2D eigenvalue weighted by Crippen LogP contribution is -2.50. The zero-order valence-electron chi connectivity index (χ0n) is 8.11. The number of likely N-dealkylation sites (tertiary alicyclic amines) is 1. The van der Waals surface area contributed by atoms with E-state index in [2.05, 4.69) is 0 Å². The van der Waals surface area contributed by atoms with Crippen molar-refractivity contribution in [3.05, 3.63) is 0 Å². The van der Waals surface area contributed by atoms with Gasteiger partial charge in [0.1, 0.15) is 5.78 Å². The first kappa shape index (κ1) is 9.49. The second-order valence-corrected chi connectivity index (χ2v) is 4.23. The summed E-state index contributed by atoms with van der Waals surface area (Å²) in [5, 5.41) is 8.98. The van der Waals surface area contributed by atoms with Crippen LogP contribution in [-0.4, -0.2) is 34.5 Å². The third kappa shape index (κ3) is 1.61. The number of hydrogen-bond donors (Lipinski definition) is 1. The predicted molar refractivity (Wildman–Crippen MR) is 50.1 cm³/mol. The molecular weight excluding hydrogens is 182 g/mol. The van der Waals surface area contributed by atoms with Gasteiger partial charge in [-0.2, -0.15) is 0 Å². The Morgan fingerprint density at radius 2 is 2.21 bits per heavy atom.